The van der Waals surface area contributed by atoms with Crippen molar-refractivity contribution < 1.29 is 111 Å². The van der Waals surface area contributed by atoms with Gasteiger partial charge in [-0.05, 0) is 96.3 Å². The Kier molecular flexibility index (Phi) is 38.3. The second-order valence-corrected chi connectivity index (χ2v) is 35.4. The van der Waals surface area contributed by atoms with Crippen molar-refractivity contribution in [2.24, 2.45) is 0 Å². The Morgan fingerprint density at radius 3 is 0.945 bits per heavy atom. The van der Waals surface area contributed by atoms with Gasteiger partial charge in [-0.25, -0.2) is 0 Å². The summed E-state index contributed by atoms with van der Waals surface area (Å²) < 4.78 is 259. The Labute approximate surface area is 531 Å². The predicted octanol–water partition coefficient (Wildman–Crippen LogP) is 18.7. The molecule has 4 rings (SSSR count). The molecule has 29 heteroatoms. The number of rotatable bonds is 7. The van der Waals surface area contributed by atoms with Crippen molar-refractivity contribution in [3.8, 4) is 140 Å². The molecule has 0 aliphatic heterocycles. The van der Waals surface area contributed by atoms with E-state index in [1.54, 1.807) is 0 Å². The van der Waals surface area contributed by atoms with E-state index in [1.165, 1.54) is 36.1 Å². The first-order valence-corrected chi connectivity index (χ1v) is 36.5. The number of hydrogen-bond donors (Lipinski definition) is 0. The Balaban J connectivity index is -0.000000215. The van der Waals surface area contributed by atoms with E-state index in [-0.39, 0.29) is 16.6 Å². The summed E-state index contributed by atoms with van der Waals surface area (Å²) in [7, 11) is -2.48. The van der Waals surface area contributed by atoms with Crippen LogP contribution in [-0.2, 0) is 10.9 Å². The zero-order valence-corrected chi connectivity index (χ0v) is 53.4. The Bertz CT molecular complexity index is 3290. The molecule has 3 aromatic rings. The van der Waals surface area contributed by atoms with Crippen molar-refractivity contribution in [1.29, 1.82) is 0 Å². The summed E-state index contributed by atoms with van der Waals surface area (Å²) >= 11 is -0.595. The van der Waals surface area contributed by atoms with Crippen molar-refractivity contribution in [2.45, 2.75) is 120 Å². The summed E-state index contributed by atoms with van der Waals surface area (Å²) in [4.78, 5) is 6.86. The Morgan fingerprint density at radius 2 is 0.692 bits per heavy atom. The maximum Gasteiger partial charge on any atom is 0.487 e. The molecule has 0 spiro atoms. The van der Waals surface area contributed by atoms with E-state index >= 15 is 0 Å². The summed E-state index contributed by atoms with van der Waals surface area (Å²) in [6.45, 7) is 14.6. The zero-order valence-electron chi connectivity index (χ0n) is 47.4. The second-order valence-electron chi connectivity index (χ2n) is 18.1. The van der Waals surface area contributed by atoms with Crippen LogP contribution in [0.3, 0.4) is 0 Å². The van der Waals surface area contributed by atoms with Crippen molar-refractivity contribution in [2.75, 3.05) is 0 Å². The number of terminal acetylenes is 5. The number of hydrogen-bond acceptors (Lipinski definition) is 1. The van der Waals surface area contributed by atoms with Crippen LogP contribution in [-0.4, -0.2) is 81.8 Å². The van der Waals surface area contributed by atoms with Crippen LogP contribution < -0.4 is 5.19 Å². The standard InChI is InChI=1S/C30H37S2Si2.C6H2.3C6H.4C2F6.Ga.4H2/c1-33(2,3)29-20-14-25(15-21-29)31-24-12-16-27(17-13-24)32(26-10-8-7-9-11-26)28-18-22-30(23-19-28)34(4,5)6;4*1-3-5-6-4-2;4*3-1(4,5)2(6,7)8;;;;;/h7-22,30H,23H2,1-6H3;1-2H;3*1H;;;;;;4*1H/q+1;;;;;;;;;;;;;. The summed E-state index contributed by atoms with van der Waals surface area (Å²) in [6, 6.07) is 29.5. The minimum atomic E-state index is -6.06. The van der Waals surface area contributed by atoms with Crippen LogP contribution in [0.1, 0.15) is 12.1 Å². The van der Waals surface area contributed by atoms with Crippen LogP contribution in [0.5, 0.6) is 0 Å². The molecule has 0 amide bonds. The van der Waals surface area contributed by atoms with Gasteiger partial charge in [0.05, 0.1) is 27.0 Å². The van der Waals surface area contributed by atoms with E-state index in [0.29, 0.717) is 0 Å². The van der Waals surface area contributed by atoms with Gasteiger partial charge >= 0.3 is 169 Å². The summed E-state index contributed by atoms with van der Waals surface area (Å²) in [6.07, 6.45) is -15.6. The van der Waals surface area contributed by atoms with E-state index in [0.717, 1.165) is 5.54 Å². The smallest absolute Gasteiger partial charge is 0.162 e. The monoisotopic (exact) mass is 1440 g/mol. The molecule has 2 atom stereocenters. The average molecular weight is 1440 g/mol. The molecule has 0 radical (unpaired) electrons. The van der Waals surface area contributed by atoms with Crippen molar-refractivity contribution >= 4 is 60.2 Å². The first-order chi connectivity index (χ1) is 41.4. The minimum Gasteiger partial charge on any atom is -0.162 e. The van der Waals surface area contributed by atoms with Gasteiger partial charge < -0.3 is 0 Å². The van der Waals surface area contributed by atoms with E-state index in [9.17, 15) is 105 Å². The SMILES string of the molecule is C#CC#CC#C.C#CC#CC#[C][Ga]([C]#CC#CC#C)[C]#CC#CC#C.C[Si](C)(C)c1ccc(Sc2ccc([S+](C3=CCC([Si](C)(C)C)C=C3)c3ccccc3)cc2)cc1.FC(F)(F)C(F)(F)F.FC(F)(F)C(F)(F)F.FC(F)(F)C(F)(F)F.FC(F)(F)C(F)(F)F.[HH].[HH].[HH].[HH]. The maximum absolute atomic E-state index is 10.4. The molecule has 0 heterocycles. The van der Waals surface area contributed by atoms with E-state index in [2.05, 4.69) is 245 Å². The van der Waals surface area contributed by atoms with E-state index < -0.39 is 81.8 Å². The van der Waals surface area contributed by atoms with Gasteiger partial charge in [0.2, 0.25) is 0 Å². The molecule has 1 aliphatic carbocycles. The fourth-order valence-electron chi connectivity index (χ4n) is 4.87. The molecule has 0 saturated carbocycles. The number of allylic oxidation sites excluding steroid dienone is 3. The van der Waals surface area contributed by atoms with Crippen LogP contribution in [0, 0.1) is 140 Å². The van der Waals surface area contributed by atoms with Gasteiger partial charge in [0.15, 0.2) is 14.7 Å². The number of alkyl halides is 24. The third-order valence-electron chi connectivity index (χ3n) is 9.14. The van der Waals surface area contributed by atoms with E-state index in [1.807, 2.05) is 11.8 Å². The van der Waals surface area contributed by atoms with Crippen LogP contribution in [0.2, 0.25) is 44.8 Å². The summed E-state index contributed by atoms with van der Waals surface area (Å²) in [5.41, 5.74) is 0.739. The van der Waals surface area contributed by atoms with Gasteiger partial charge in [-0.3, -0.25) is 0 Å². The van der Waals surface area contributed by atoms with Gasteiger partial charge in [-0.1, -0.05) is 92.6 Å². The molecule has 2 unspecified atom stereocenters. The second kappa shape index (κ2) is 39.9. The molecule has 3 aromatic carbocycles. The topological polar surface area (TPSA) is 0 Å². The van der Waals surface area contributed by atoms with Gasteiger partial charge in [0, 0.05) is 15.5 Å². The normalized spacial score (nSPS) is 12.6. The Hall–Kier alpha value is -8.05. The molecule has 0 N–H and O–H groups in total. The van der Waals surface area contributed by atoms with Crippen LogP contribution in [0.25, 0.3) is 0 Å². The van der Waals surface area contributed by atoms with Gasteiger partial charge in [0.25, 0.3) is 0 Å². The largest absolute Gasteiger partial charge is 0.487 e. The van der Waals surface area contributed by atoms with Crippen LogP contribution >= 0.6 is 11.8 Å². The molecule has 488 valence electrons. The van der Waals surface area contributed by atoms with Crippen molar-refractivity contribution in [3.63, 3.8) is 0 Å². The molecule has 0 saturated heterocycles. The predicted molar refractivity (Wildman–Crippen MR) is 321 cm³/mol. The molecule has 0 bridgehead atoms. The van der Waals surface area contributed by atoms with Crippen LogP contribution in [0.4, 0.5) is 105 Å². The molecule has 0 aromatic heterocycles. The number of benzene rings is 3. The quantitative estimate of drug-likeness (QED) is 0.0983. The molecule has 91 heavy (non-hydrogen) atoms. The number of halogens is 24. The van der Waals surface area contributed by atoms with Gasteiger partial charge in [-0.15, -0.1) is 12.8 Å². The third kappa shape index (κ3) is 39.6. The molecular formula is C62H50F24GaS2Si2+. The summed E-state index contributed by atoms with van der Waals surface area (Å²) in [5, 5.41) is 1.52. The van der Waals surface area contributed by atoms with Gasteiger partial charge in [-0.2, -0.15) is 105 Å². The first kappa shape index (κ1) is 87.2. The third-order valence-corrected chi connectivity index (χ3v) is 19.9. The van der Waals surface area contributed by atoms with Crippen molar-refractivity contribution in [3.05, 3.63) is 102 Å². The van der Waals surface area contributed by atoms with Crippen LogP contribution in [0.15, 0.2) is 122 Å². The molecule has 0 fully saturated rings. The first-order valence-electron chi connectivity index (χ1n) is 23.8. The average Bonchev–Trinajstić information content (AvgIpc) is 0.802. The van der Waals surface area contributed by atoms with Crippen molar-refractivity contribution in [1.82, 2.24) is 0 Å². The molecule has 0 nitrogen and oxygen atoms in total. The minimum absolute atomic E-state index is 0. The van der Waals surface area contributed by atoms with Gasteiger partial charge in [0.1, 0.15) is 0 Å². The fourth-order valence-corrected chi connectivity index (χ4v) is 12.3. The maximum atomic E-state index is 10.4. The zero-order chi connectivity index (χ0) is 71.4. The Morgan fingerprint density at radius 1 is 0.407 bits per heavy atom. The van der Waals surface area contributed by atoms with E-state index in [4.69, 9.17) is 32.1 Å². The fraction of sp³-hybridized carbons (Fsp3) is 0.258. The molecular weight excluding hydrogens is 1390 g/mol. The molecule has 1 aliphatic rings. The summed E-state index contributed by atoms with van der Waals surface area (Å²) in [5.74, 6) is 37.6.